The predicted octanol–water partition coefficient (Wildman–Crippen LogP) is 5.44. The summed E-state index contributed by atoms with van der Waals surface area (Å²) in [5.41, 5.74) is 0.719. The van der Waals surface area contributed by atoms with Crippen LogP contribution in [0.2, 0.25) is 5.02 Å². The zero-order valence-corrected chi connectivity index (χ0v) is 13.2. The van der Waals surface area contributed by atoms with Gasteiger partial charge in [-0.2, -0.15) is 13.2 Å². The summed E-state index contributed by atoms with van der Waals surface area (Å²) in [6, 6.07) is 8.60. The van der Waals surface area contributed by atoms with Crippen LogP contribution in [0.25, 0.3) is 0 Å². The first-order valence-corrected chi connectivity index (χ1v) is 7.48. The first kappa shape index (κ1) is 17.6. The summed E-state index contributed by atoms with van der Waals surface area (Å²) in [7, 11) is 0. The molecule has 0 saturated heterocycles. The smallest absolute Gasteiger partial charge is 0.318 e. The van der Waals surface area contributed by atoms with Crippen LogP contribution >= 0.6 is 23.4 Å². The van der Waals surface area contributed by atoms with Gasteiger partial charge in [0.25, 0.3) is 0 Å². The molecule has 1 amide bonds. The van der Waals surface area contributed by atoms with E-state index < -0.39 is 17.9 Å². The molecular formula is C15H10ClF4NOS. The van der Waals surface area contributed by atoms with Gasteiger partial charge in [-0.05, 0) is 48.9 Å². The zero-order chi connectivity index (χ0) is 17.2. The SMILES string of the molecule is Cc1cc(F)c(Cl)cc1Sc1ccc(NC(=O)C(F)(F)F)cc1. The van der Waals surface area contributed by atoms with Crippen molar-refractivity contribution in [2.24, 2.45) is 0 Å². The number of carbonyl (C=O) groups is 1. The van der Waals surface area contributed by atoms with Crippen molar-refractivity contribution < 1.29 is 22.4 Å². The summed E-state index contributed by atoms with van der Waals surface area (Å²) in [4.78, 5) is 12.3. The molecule has 0 atom stereocenters. The summed E-state index contributed by atoms with van der Waals surface area (Å²) in [6.07, 6.45) is -4.94. The maximum absolute atomic E-state index is 13.3. The molecule has 0 aliphatic carbocycles. The lowest BCUT2D eigenvalue weighted by molar-refractivity contribution is -0.167. The van der Waals surface area contributed by atoms with E-state index in [0.29, 0.717) is 10.5 Å². The van der Waals surface area contributed by atoms with Crippen LogP contribution in [0.4, 0.5) is 23.2 Å². The largest absolute Gasteiger partial charge is 0.471 e. The van der Waals surface area contributed by atoms with Gasteiger partial charge in [0.2, 0.25) is 0 Å². The first-order chi connectivity index (χ1) is 10.7. The number of carbonyl (C=O) groups excluding carboxylic acids is 1. The van der Waals surface area contributed by atoms with Gasteiger partial charge >= 0.3 is 12.1 Å². The molecule has 0 unspecified atom stereocenters. The van der Waals surface area contributed by atoms with E-state index in [1.807, 2.05) is 0 Å². The van der Waals surface area contributed by atoms with Gasteiger partial charge in [0, 0.05) is 15.5 Å². The highest BCUT2D eigenvalue weighted by Gasteiger charge is 2.38. The maximum Gasteiger partial charge on any atom is 0.471 e. The van der Waals surface area contributed by atoms with Crippen molar-refractivity contribution in [1.29, 1.82) is 0 Å². The van der Waals surface area contributed by atoms with Gasteiger partial charge in [0.05, 0.1) is 5.02 Å². The molecule has 0 aromatic heterocycles. The third-order valence-electron chi connectivity index (χ3n) is 2.82. The predicted molar refractivity (Wildman–Crippen MR) is 81.4 cm³/mol. The number of halogens is 5. The molecule has 0 bridgehead atoms. The molecule has 0 fully saturated rings. The third kappa shape index (κ3) is 4.62. The fraction of sp³-hybridized carbons (Fsp3) is 0.133. The topological polar surface area (TPSA) is 29.1 Å². The Balaban J connectivity index is 2.12. The summed E-state index contributed by atoms with van der Waals surface area (Å²) in [5.74, 6) is -2.54. The van der Waals surface area contributed by atoms with E-state index >= 15 is 0 Å². The highest BCUT2D eigenvalue weighted by Crippen LogP contribution is 2.34. The van der Waals surface area contributed by atoms with Gasteiger partial charge in [-0.3, -0.25) is 4.79 Å². The quantitative estimate of drug-likeness (QED) is 0.736. The van der Waals surface area contributed by atoms with E-state index in [0.717, 1.165) is 4.90 Å². The third-order valence-corrected chi connectivity index (χ3v) is 4.27. The minimum Gasteiger partial charge on any atom is -0.318 e. The van der Waals surface area contributed by atoms with Crippen LogP contribution in [0.3, 0.4) is 0 Å². The molecule has 2 aromatic carbocycles. The van der Waals surface area contributed by atoms with Gasteiger partial charge in [-0.1, -0.05) is 23.4 Å². The monoisotopic (exact) mass is 363 g/mol. The van der Waals surface area contributed by atoms with E-state index in [4.69, 9.17) is 11.6 Å². The van der Waals surface area contributed by atoms with Crippen LogP contribution in [0.15, 0.2) is 46.2 Å². The average molecular weight is 364 g/mol. The lowest BCUT2D eigenvalue weighted by Crippen LogP contribution is -2.29. The Bertz CT molecular complexity index is 731. The van der Waals surface area contributed by atoms with E-state index in [-0.39, 0.29) is 10.7 Å². The Hall–Kier alpha value is -1.73. The average Bonchev–Trinajstić information content (AvgIpc) is 2.45. The van der Waals surface area contributed by atoms with Crippen LogP contribution in [-0.2, 0) is 4.79 Å². The number of hydrogen-bond donors (Lipinski definition) is 1. The lowest BCUT2D eigenvalue weighted by Gasteiger charge is -2.10. The Kier molecular flexibility index (Phi) is 5.21. The highest BCUT2D eigenvalue weighted by molar-refractivity contribution is 7.99. The molecule has 0 aliphatic heterocycles. The summed E-state index contributed by atoms with van der Waals surface area (Å²) in [5, 5.41) is 1.75. The van der Waals surface area contributed by atoms with E-state index in [9.17, 15) is 22.4 Å². The Morgan fingerprint density at radius 3 is 2.35 bits per heavy atom. The van der Waals surface area contributed by atoms with E-state index in [1.54, 1.807) is 24.4 Å². The summed E-state index contributed by atoms with van der Waals surface area (Å²) < 4.78 is 49.8. The Labute approximate surface area is 138 Å². The molecule has 2 rings (SSSR count). The molecule has 0 heterocycles. The van der Waals surface area contributed by atoms with Crippen molar-refractivity contribution >= 4 is 35.0 Å². The number of anilines is 1. The number of amides is 1. The second-order valence-electron chi connectivity index (χ2n) is 4.61. The first-order valence-electron chi connectivity index (χ1n) is 6.28. The number of hydrogen-bond acceptors (Lipinski definition) is 2. The molecular weight excluding hydrogens is 354 g/mol. The molecule has 0 spiro atoms. The second-order valence-corrected chi connectivity index (χ2v) is 6.13. The fourth-order valence-electron chi connectivity index (χ4n) is 1.67. The van der Waals surface area contributed by atoms with Crippen LogP contribution in [0, 0.1) is 12.7 Å². The molecule has 1 N–H and O–H groups in total. The van der Waals surface area contributed by atoms with Crippen molar-refractivity contribution in [3.05, 3.63) is 52.8 Å². The van der Waals surface area contributed by atoms with E-state index in [2.05, 4.69) is 0 Å². The number of alkyl halides is 3. The molecule has 0 saturated carbocycles. The van der Waals surface area contributed by atoms with Gasteiger partial charge in [0.1, 0.15) is 5.82 Å². The standard InChI is InChI=1S/C15H10ClF4NOS/c1-8-6-12(17)11(16)7-13(8)23-10-4-2-9(3-5-10)21-14(22)15(18,19)20/h2-7H,1H3,(H,21,22). The van der Waals surface area contributed by atoms with Crippen LogP contribution in [-0.4, -0.2) is 12.1 Å². The molecule has 23 heavy (non-hydrogen) atoms. The number of aryl methyl sites for hydroxylation is 1. The van der Waals surface area contributed by atoms with Gasteiger partial charge in [-0.15, -0.1) is 0 Å². The van der Waals surface area contributed by atoms with Gasteiger partial charge < -0.3 is 5.32 Å². The minimum atomic E-state index is -4.94. The number of benzene rings is 2. The van der Waals surface area contributed by atoms with Gasteiger partial charge in [0.15, 0.2) is 0 Å². The van der Waals surface area contributed by atoms with Crippen LogP contribution < -0.4 is 5.32 Å². The van der Waals surface area contributed by atoms with Crippen molar-refractivity contribution in [2.75, 3.05) is 5.32 Å². The second kappa shape index (κ2) is 6.80. The Morgan fingerprint density at radius 2 is 1.78 bits per heavy atom. The lowest BCUT2D eigenvalue weighted by atomic mass is 10.2. The summed E-state index contributed by atoms with van der Waals surface area (Å²) in [6.45, 7) is 1.72. The van der Waals surface area contributed by atoms with E-state index in [1.165, 1.54) is 36.0 Å². The van der Waals surface area contributed by atoms with Crippen molar-refractivity contribution in [2.45, 2.75) is 22.9 Å². The van der Waals surface area contributed by atoms with Gasteiger partial charge in [-0.25, -0.2) is 4.39 Å². The van der Waals surface area contributed by atoms with Crippen molar-refractivity contribution in [3.63, 3.8) is 0 Å². The number of nitrogens with one attached hydrogen (secondary N) is 1. The normalized spacial score (nSPS) is 11.4. The highest BCUT2D eigenvalue weighted by atomic mass is 35.5. The molecule has 8 heteroatoms. The van der Waals surface area contributed by atoms with Crippen molar-refractivity contribution in [1.82, 2.24) is 0 Å². The van der Waals surface area contributed by atoms with Crippen LogP contribution in [0.5, 0.6) is 0 Å². The molecule has 0 radical (unpaired) electrons. The van der Waals surface area contributed by atoms with Crippen molar-refractivity contribution in [3.8, 4) is 0 Å². The summed E-state index contributed by atoms with van der Waals surface area (Å²) >= 11 is 7.02. The number of rotatable bonds is 3. The molecule has 0 aliphatic rings. The Morgan fingerprint density at radius 1 is 1.17 bits per heavy atom. The maximum atomic E-state index is 13.3. The zero-order valence-electron chi connectivity index (χ0n) is 11.7. The minimum absolute atomic E-state index is 0.00726. The fourth-order valence-corrected chi connectivity index (χ4v) is 2.82. The van der Waals surface area contributed by atoms with Crippen LogP contribution in [0.1, 0.15) is 5.56 Å². The molecule has 2 aromatic rings. The molecule has 122 valence electrons. The molecule has 2 nitrogen and oxygen atoms in total.